The zero-order chi connectivity index (χ0) is 21.9. The molecular weight excluding hydrogens is 406 g/mol. The van der Waals surface area contributed by atoms with Gasteiger partial charge in [0.2, 0.25) is 0 Å². The molecule has 0 unspecified atom stereocenters. The van der Waals surface area contributed by atoms with Gasteiger partial charge in [-0.05, 0) is 55.2 Å². The van der Waals surface area contributed by atoms with Gasteiger partial charge in [0.15, 0.2) is 9.84 Å². The number of amides is 1. The van der Waals surface area contributed by atoms with Gasteiger partial charge in [-0.15, -0.1) is 0 Å². The molecule has 1 aliphatic heterocycles. The molecule has 0 bridgehead atoms. The van der Waals surface area contributed by atoms with E-state index in [1.165, 1.54) is 30.3 Å². The lowest BCUT2D eigenvalue weighted by Gasteiger charge is -2.31. The molecule has 9 heteroatoms. The number of sulfone groups is 1. The molecule has 0 saturated carbocycles. The van der Waals surface area contributed by atoms with Crippen LogP contribution >= 0.6 is 0 Å². The Kier molecular flexibility index (Phi) is 6.40. The molecule has 1 aliphatic rings. The molecule has 0 aliphatic carbocycles. The van der Waals surface area contributed by atoms with E-state index >= 15 is 0 Å². The van der Waals surface area contributed by atoms with Crippen LogP contribution in [0.3, 0.4) is 0 Å². The maximum atomic E-state index is 12.6. The van der Waals surface area contributed by atoms with Crippen LogP contribution in [0.4, 0.5) is 17.1 Å². The van der Waals surface area contributed by atoms with Gasteiger partial charge in [-0.25, -0.2) is 8.42 Å². The van der Waals surface area contributed by atoms with Crippen LogP contribution in [0.5, 0.6) is 0 Å². The van der Waals surface area contributed by atoms with E-state index in [9.17, 15) is 23.3 Å². The standard InChI is InChI=1S/C21H25N3O5S/c1-3-30(28,29)18-7-5-17(6-8-18)22-21(25)16-4-9-19(20(14-16)24(26)27)23-12-10-15(2)11-13-23/h4-9,14-15H,3,10-13H2,1-2H3,(H,22,25). The van der Waals surface area contributed by atoms with Crippen molar-refractivity contribution in [1.82, 2.24) is 0 Å². The number of rotatable bonds is 6. The molecule has 0 aromatic heterocycles. The second kappa shape index (κ2) is 8.83. The molecule has 0 spiro atoms. The summed E-state index contributed by atoms with van der Waals surface area (Å²) in [6.07, 6.45) is 1.95. The monoisotopic (exact) mass is 431 g/mol. The van der Waals surface area contributed by atoms with Crippen molar-refractivity contribution in [2.45, 2.75) is 31.6 Å². The summed E-state index contributed by atoms with van der Waals surface area (Å²) in [5, 5.41) is 14.3. The first-order valence-corrected chi connectivity index (χ1v) is 11.5. The van der Waals surface area contributed by atoms with Gasteiger partial charge in [0.05, 0.1) is 15.6 Å². The highest BCUT2D eigenvalue weighted by Crippen LogP contribution is 2.32. The predicted octanol–water partition coefficient (Wildman–Crippen LogP) is 3.88. The Morgan fingerprint density at radius 3 is 2.37 bits per heavy atom. The highest BCUT2D eigenvalue weighted by atomic mass is 32.2. The quantitative estimate of drug-likeness (QED) is 0.549. The number of hydrogen-bond acceptors (Lipinski definition) is 6. The summed E-state index contributed by atoms with van der Waals surface area (Å²) in [5.41, 5.74) is 1.01. The number of anilines is 2. The van der Waals surface area contributed by atoms with Gasteiger partial charge in [0.25, 0.3) is 11.6 Å². The molecule has 0 atom stereocenters. The maximum Gasteiger partial charge on any atom is 0.293 e. The number of piperidine rings is 1. The number of nitrogens with zero attached hydrogens (tertiary/aromatic N) is 2. The summed E-state index contributed by atoms with van der Waals surface area (Å²) in [4.78, 5) is 25.9. The van der Waals surface area contributed by atoms with E-state index < -0.39 is 20.7 Å². The van der Waals surface area contributed by atoms with Gasteiger partial charge in [-0.3, -0.25) is 14.9 Å². The first kappa shape index (κ1) is 21.8. The van der Waals surface area contributed by atoms with Crippen molar-refractivity contribution in [2.24, 2.45) is 5.92 Å². The summed E-state index contributed by atoms with van der Waals surface area (Å²) in [6, 6.07) is 10.3. The van der Waals surface area contributed by atoms with Crippen LogP contribution in [-0.2, 0) is 9.84 Å². The Bertz CT molecular complexity index is 1040. The molecular formula is C21H25N3O5S. The van der Waals surface area contributed by atoms with E-state index in [-0.39, 0.29) is 21.9 Å². The fourth-order valence-corrected chi connectivity index (χ4v) is 4.33. The highest BCUT2D eigenvalue weighted by Gasteiger charge is 2.25. The first-order chi connectivity index (χ1) is 14.2. The molecule has 1 N–H and O–H groups in total. The van der Waals surface area contributed by atoms with E-state index in [0.717, 1.165) is 25.9 Å². The molecule has 2 aromatic carbocycles. The molecule has 8 nitrogen and oxygen atoms in total. The molecule has 160 valence electrons. The highest BCUT2D eigenvalue weighted by molar-refractivity contribution is 7.91. The third kappa shape index (κ3) is 4.79. The summed E-state index contributed by atoms with van der Waals surface area (Å²) >= 11 is 0. The van der Waals surface area contributed by atoms with Crippen molar-refractivity contribution in [3.8, 4) is 0 Å². The lowest BCUT2D eigenvalue weighted by Crippen LogP contribution is -2.33. The molecule has 1 amide bonds. The molecule has 1 fully saturated rings. The lowest BCUT2D eigenvalue weighted by atomic mass is 9.98. The summed E-state index contributed by atoms with van der Waals surface area (Å²) in [7, 11) is -3.32. The zero-order valence-corrected chi connectivity index (χ0v) is 17.8. The van der Waals surface area contributed by atoms with Gasteiger partial charge in [-0.1, -0.05) is 13.8 Å². The van der Waals surface area contributed by atoms with Gasteiger partial charge in [0, 0.05) is 30.4 Å². The Labute approximate surface area is 176 Å². The first-order valence-electron chi connectivity index (χ1n) is 9.89. The topological polar surface area (TPSA) is 110 Å². The minimum atomic E-state index is -3.32. The molecule has 0 radical (unpaired) electrons. The minimum Gasteiger partial charge on any atom is -0.366 e. The zero-order valence-electron chi connectivity index (χ0n) is 17.0. The van der Waals surface area contributed by atoms with Crippen LogP contribution in [0.1, 0.15) is 37.0 Å². The van der Waals surface area contributed by atoms with Crippen LogP contribution in [0.15, 0.2) is 47.4 Å². The van der Waals surface area contributed by atoms with Crippen LogP contribution in [0.25, 0.3) is 0 Å². The van der Waals surface area contributed by atoms with E-state index in [4.69, 9.17) is 0 Å². The van der Waals surface area contributed by atoms with Crippen LogP contribution in [0.2, 0.25) is 0 Å². The largest absolute Gasteiger partial charge is 0.366 e. The summed E-state index contributed by atoms with van der Waals surface area (Å²) < 4.78 is 23.8. The Morgan fingerprint density at radius 2 is 1.80 bits per heavy atom. The Balaban J connectivity index is 1.79. The lowest BCUT2D eigenvalue weighted by molar-refractivity contribution is -0.384. The van der Waals surface area contributed by atoms with Crippen molar-refractivity contribution in [3.63, 3.8) is 0 Å². The number of nitro groups is 1. The normalized spacial score (nSPS) is 15.1. The maximum absolute atomic E-state index is 12.6. The van der Waals surface area contributed by atoms with E-state index in [1.54, 1.807) is 19.1 Å². The van der Waals surface area contributed by atoms with Crippen molar-refractivity contribution in [2.75, 3.05) is 29.1 Å². The minimum absolute atomic E-state index is 0.00927. The third-order valence-corrected chi connectivity index (χ3v) is 7.16. The van der Waals surface area contributed by atoms with Crippen molar-refractivity contribution >= 4 is 32.8 Å². The van der Waals surface area contributed by atoms with Crippen LogP contribution in [0, 0.1) is 16.0 Å². The number of nitro benzene ring substituents is 1. The van der Waals surface area contributed by atoms with E-state index in [0.29, 0.717) is 17.3 Å². The number of benzene rings is 2. The number of carbonyl (C=O) groups excluding carboxylic acids is 1. The second-order valence-corrected chi connectivity index (χ2v) is 9.79. The van der Waals surface area contributed by atoms with E-state index in [2.05, 4.69) is 12.2 Å². The predicted molar refractivity (Wildman–Crippen MR) is 116 cm³/mol. The summed E-state index contributed by atoms with van der Waals surface area (Å²) in [6.45, 7) is 5.23. The third-order valence-electron chi connectivity index (χ3n) is 5.41. The van der Waals surface area contributed by atoms with Crippen molar-refractivity contribution in [3.05, 3.63) is 58.1 Å². The molecule has 1 heterocycles. The van der Waals surface area contributed by atoms with Crippen LogP contribution in [-0.4, -0.2) is 38.1 Å². The van der Waals surface area contributed by atoms with E-state index in [1.807, 2.05) is 4.90 Å². The SMILES string of the molecule is CCS(=O)(=O)c1ccc(NC(=O)c2ccc(N3CCC(C)CC3)c([N+](=O)[O-])c2)cc1. The van der Waals surface area contributed by atoms with Gasteiger partial charge < -0.3 is 10.2 Å². The number of nitrogens with one attached hydrogen (secondary N) is 1. The number of carbonyl (C=O) groups is 1. The summed E-state index contributed by atoms with van der Waals surface area (Å²) in [5.74, 6) is 0.0945. The van der Waals surface area contributed by atoms with Crippen LogP contribution < -0.4 is 10.2 Å². The second-order valence-electron chi connectivity index (χ2n) is 7.51. The average Bonchev–Trinajstić information content (AvgIpc) is 2.74. The fourth-order valence-electron chi connectivity index (χ4n) is 3.44. The fraction of sp³-hybridized carbons (Fsp3) is 0.381. The molecule has 30 heavy (non-hydrogen) atoms. The van der Waals surface area contributed by atoms with Gasteiger partial charge in [0.1, 0.15) is 5.69 Å². The smallest absolute Gasteiger partial charge is 0.293 e. The molecule has 1 saturated heterocycles. The average molecular weight is 432 g/mol. The molecule has 3 rings (SSSR count). The van der Waals surface area contributed by atoms with Crippen molar-refractivity contribution < 1.29 is 18.1 Å². The molecule has 2 aromatic rings. The van der Waals surface area contributed by atoms with Gasteiger partial charge in [-0.2, -0.15) is 0 Å². The Hall–Kier alpha value is -2.94. The number of hydrogen-bond donors (Lipinski definition) is 1. The van der Waals surface area contributed by atoms with Gasteiger partial charge >= 0.3 is 0 Å². The Morgan fingerprint density at radius 1 is 1.17 bits per heavy atom. The van der Waals surface area contributed by atoms with Crippen molar-refractivity contribution in [1.29, 1.82) is 0 Å².